The van der Waals surface area contributed by atoms with Crippen molar-refractivity contribution in [2.45, 2.75) is 59.5 Å². The van der Waals surface area contributed by atoms with Crippen molar-refractivity contribution in [2.24, 2.45) is 11.8 Å². The fourth-order valence-corrected chi connectivity index (χ4v) is 3.93. The van der Waals surface area contributed by atoms with Gasteiger partial charge in [0.25, 0.3) is 0 Å². The van der Waals surface area contributed by atoms with Crippen LogP contribution in [-0.4, -0.2) is 35.4 Å². The lowest BCUT2D eigenvalue weighted by Crippen LogP contribution is -2.33. The predicted octanol–water partition coefficient (Wildman–Crippen LogP) is 4.80. The fraction of sp³-hybridized carbons (Fsp3) is 0.480. The third kappa shape index (κ3) is 5.84. The van der Waals surface area contributed by atoms with E-state index in [9.17, 15) is 19.5 Å². The number of hydrogen-bond acceptors (Lipinski definition) is 6. The van der Waals surface area contributed by atoms with Gasteiger partial charge in [-0.2, -0.15) is 0 Å². The first-order valence-electron chi connectivity index (χ1n) is 10.5. The molecule has 0 bridgehead atoms. The van der Waals surface area contributed by atoms with Gasteiger partial charge in [0.05, 0.1) is 12.7 Å². The molecule has 0 aromatic heterocycles. The van der Waals surface area contributed by atoms with Crippen molar-refractivity contribution in [2.75, 3.05) is 7.11 Å². The maximum Gasteiger partial charge on any atom is 0.317 e. The second kappa shape index (κ2) is 9.94. The van der Waals surface area contributed by atoms with Gasteiger partial charge in [-0.1, -0.05) is 18.1 Å². The van der Waals surface area contributed by atoms with Crippen molar-refractivity contribution in [3.63, 3.8) is 0 Å². The number of hydrogen-bond donors (Lipinski definition) is 1. The second-order valence-electron chi connectivity index (χ2n) is 8.72. The maximum atomic E-state index is 13.0. The van der Waals surface area contributed by atoms with Gasteiger partial charge in [-0.05, 0) is 71.2 Å². The Labute approximate surface area is 183 Å². The molecule has 1 saturated heterocycles. The summed E-state index contributed by atoms with van der Waals surface area (Å²) in [6, 6.07) is 4.38. The Morgan fingerprint density at radius 1 is 1.23 bits per heavy atom. The van der Waals surface area contributed by atoms with E-state index < -0.39 is 23.3 Å². The van der Waals surface area contributed by atoms with Crippen LogP contribution in [0.15, 0.2) is 41.5 Å². The van der Waals surface area contributed by atoms with E-state index >= 15 is 0 Å². The van der Waals surface area contributed by atoms with Crippen LogP contribution in [0, 0.1) is 11.8 Å². The molecule has 3 atom stereocenters. The summed E-state index contributed by atoms with van der Waals surface area (Å²) >= 11 is 0. The third-order valence-electron chi connectivity index (χ3n) is 5.87. The molecule has 0 amide bonds. The van der Waals surface area contributed by atoms with E-state index in [1.54, 1.807) is 18.2 Å². The van der Waals surface area contributed by atoms with E-state index in [1.807, 2.05) is 34.6 Å². The number of ether oxygens (including phenoxy) is 2. The molecular weight excluding hydrogens is 396 g/mol. The van der Waals surface area contributed by atoms with E-state index in [1.165, 1.54) is 19.2 Å². The third-order valence-corrected chi connectivity index (χ3v) is 5.87. The number of carbonyl (C=O) groups is 3. The highest BCUT2D eigenvalue weighted by Crippen LogP contribution is 2.43. The Bertz CT molecular complexity index is 922. The first-order valence-corrected chi connectivity index (χ1v) is 10.5. The molecule has 1 fully saturated rings. The Kier molecular flexibility index (Phi) is 7.82. The molecule has 0 saturated carbocycles. The molecule has 1 aromatic rings. The van der Waals surface area contributed by atoms with Crippen molar-refractivity contribution >= 4 is 17.5 Å². The number of aromatic hydroxyl groups is 1. The van der Waals surface area contributed by atoms with Crippen LogP contribution in [0.25, 0.3) is 0 Å². The van der Waals surface area contributed by atoms with Crippen molar-refractivity contribution < 1.29 is 29.0 Å². The summed E-state index contributed by atoms with van der Waals surface area (Å²) in [6.45, 7) is 9.32. The summed E-state index contributed by atoms with van der Waals surface area (Å²) in [4.78, 5) is 37.5. The fourth-order valence-electron chi connectivity index (χ4n) is 3.93. The molecule has 2 rings (SSSR count). The molecule has 0 radical (unpaired) electrons. The highest BCUT2D eigenvalue weighted by atomic mass is 16.6. The van der Waals surface area contributed by atoms with Gasteiger partial charge in [0, 0.05) is 12.0 Å². The molecule has 1 aliphatic rings. The largest absolute Gasteiger partial charge is 0.507 e. The molecule has 6 heteroatoms. The molecule has 6 nitrogen and oxygen atoms in total. The van der Waals surface area contributed by atoms with E-state index in [2.05, 4.69) is 0 Å². The maximum absolute atomic E-state index is 13.0. The monoisotopic (exact) mass is 428 g/mol. The Morgan fingerprint density at radius 2 is 1.90 bits per heavy atom. The van der Waals surface area contributed by atoms with Crippen LogP contribution in [0.5, 0.6) is 11.5 Å². The van der Waals surface area contributed by atoms with Crippen LogP contribution in [0.3, 0.4) is 0 Å². The summed E-state index contributed by atoms with van der Waals surface area (Å²) in [6.07, 6.45) is 5.20. The standard InChI is InChI=1S/C25H32O6/c1-15(2)12-18(26)13-16(3)8-7-11-25(5)17(4)22(24(29)31-25)23(28)20-10-9-19(30-6)14-21(20)27/h9-10,12-14,17,22,27H,7-8,11H2,1-6H3. The van der Waals surface area contributed by atoms with Crippen molar-refractivity contribution in [1.82, 2.24) is 0 Å². The van der Waals surface area contributed by atoms with Gasteiger partial charge in [0.2, 0.25) is 0 Å². The van der Waals surface area contributed by atoms with Crippen LogP contribution in [0.4, 0.5) is 0 Å². The summed E-state index contributed by atoms with van der Waals surface area (Å²) < 4.78 is 10.7. The number of ketones is 2. The average Bonchev–Trinajstić information content (AvgIpc) is 2.88. The summed E-state index contributed by atoms with van der Waals surface area (Å²) in [5, 5.41) is 10.2. The minimum atomic E-state index is -0.972. The highest BCUT2D eigenvalue weighted by Gasteiger charge is 2.53. The minimum Gasteiger partial charge on any atom is -0.507 e. The molecule has 1 aliphatic heterocycles. The first-order chi connectivity index (χ1) is 14.5. The van der Waals surface area contributed by atoms with Gasteiger partial charge < -0.3 is 14.6 Å². The van der Waals surface area contributed by atoms with Gasteiger partial charge in [0.1, 0.15) is 23.0 Å². The quantitative estimate of drug-likeness (QED) is 0.263. The molecule has 0 aliphatic carbocycles. The lowest BCUT2D eigenvalue weighted by atomic mass is 9.77. The zero-order valence-corrected chi connectivity index (χ0v) is 19.2. The number of Topliss-reactive ketones (excluding diaryl/α,β-unsaturated/α-hetero) is 1. The SMILES string of the molecule is COc1ccc(C(=O)C2C(=O)OC(C)(CCCC(C)=CC(=O)C=C(C)C)C2C)c(O)c1. The van der Waals surface area contributed by atoms with Crippen molar-refractivity contribution in [3.05, 3.63) is 47.1 Å². The zero-order valence-electron chi connectivity index (χ0n) is 19.2. The van der Waals surface area contributed by atoms with Gasteiger partial charge >= 0.3 is 5.97 Å². The molecule has 1 N–H and O–H groups in total. The second-order valence-corrected chi connectivity index (χ2v) is 8.72. The van der Waals surface area contributed by atoms with Crippen molar-refractivity contribution in [1.29, 1.82) is 0 Å². The highest BCUT2D eigenvalue weighted by molar-refractivity contribution is 6.11. The number of phenols is 1. The predicted molar refractivity (Wildman–Crippen MR) is 118 cm³/mol. The number of carbonyl (C=O) groups excluding carboxylic acids is 3. The van der Waals surface area contributed by atoms with Crippen LogP contribution in [-0.2, 0) is 14.3 Å². The normalized spacial score (nSPS) is 23.3. The van der Waals surface area contributed by atoms with E-state index in [-0.39, 0.29) is 23.0 Å². The first kappa shape index (κ1) is 24.4. The Morgan fingerprint density at radius 3 is 2.48 bits per heavy atom. The van der Waals surface area contributed by atoms with E-state index in [0.717, 1.165) is 11.1 Å². The number of allylic oxidation sites excluding steroid dienone is 4. The molecule has 168 valence electrons. The smallest absolute Gasteiger partial charge is 0.317 e. The lowest BCUT2D eigenvalue weighted by molar-refractivity contribution is -0.149. The van der Waals surface area contributed by atoms with E-state index in [0.29, 0.717) is 25.0 Å². The summed E-state index contributed by atoms with van der Waals surface area (Å²) in [7, 11) is 1.46. The average molecular weight is 429 g/mol. The lowest BCUT2D eigenvalue weighted by Gasteiger charge is -2.28. The van der Waals surface area contributed by atoms with Crippen LogP contribution in [0.2, 0.25) is 0 Å². The van der Waals surface area contributed by atoms with Crippen LogP contribution >= 0.6 is 0 Å². The van der Waals surface area contributed by atoms with Crippen molar-refractivity contribution in [3.8, 4) is 11.5 Å². The zero-order chi connectivity index (χ0) is 23.3. The van der Waals surface area contributed by atoms with Crippen LogP contribution < -0.4 is 4.74 Å². The number of cyclic esters (lactones) is 1. The molecule has 3 unspecified atom stereocenters. The molecule has 31 heavy (non-hydrogen) atoms. The molecule has 0 spiro atoms. The summed E-state index contributed by atoms with van der Waals surface area (Å²) in [5.41, 5.74) is 1.20. The molecule has 1 heterocycles. The van der Waals surface area contributed by atoms with Gasteiger partial charge in [-0.3, -0.25) is 14.4 Å². The van der Waals surface area contributed by atoms with Gasteiger partial charge in [-0.25, -0.2) is 0 Å². The number of methoxy groups -OCH3 is 1. The van der Waals surface area contributed by atoms with E-state index in [4.69, 9.17) is 9.47 Å². The molecule has 1 aromatic carbocycles. The number of benzene rings is 1. The van der Waals surface area contributed by atoms with Gasteiger partial charge in [-0.15, -0.1) is 0 Å². The summed E-state index contributed by atoms with van der Waals surface area (Å²) in [5.74, 6) is -2.18. The number of esters is 1. The Hall–Kier alpha value is -2.89. The van der Waals surface area contributed by atoms with Gasteiger partial charge in [0.15, 0.2) is 11.6 Å². The number of phenolic OH excluding ortho intramolecular Hbond substituents is 1. The Balaban J connectivity index is 2.07. The number of rotatable bonds is 9. The van der Waals surface area contributed by atoms with Crippen LogP contribution in [0.1, 0.15) is 64.2 Å². The molecular formula is C25H32O6. The topological polar surface area (TPSA) is 89.9 Å². The minimum absolute atomic E-state index is 0.0330.